The van der Waals surface area contributed by atoms with Crippen LogP contribution < -0.4 is 9.62 Å². The molecule has 0 bridgehead atoms. The molecule has 0 spiro atoms. The Morgan fingerprint density at radius 2 is 1.75 bits per heavy atom. The second kappa shape index (κ2) is 5.42. The van der Waals surface area contributed by atoms with E-state index in [-0.39, 0.29) is 10.6 Å². The molecule has 106 valence electrons. The molecule has 0 amide bonds. The summed E-state index contributed by atoms with van der Waals surface area (Å²) >= 11 is 0. The molecule has 0 aliphatic rings. The van der Waals surface area contributed by atoms with Crippen molar-refractivity contribution in [3.05, 3.63) is 48.5 Å². The van der Waals surface area contributed by atoms with Crippen molar-refractivity contribution in [3.63, 3.8) is 0 Å². The molecule has 0 aliphatic heterocycles. The van der Waals surface area contributed by atoms with E-state index in [4.69, 9.17) is 0 Å². The first-order valence-corrected chi connectivity index (χ1v) is 7.45. The van der Waals surface area contributed by atoms with Gasteiger partial charge in [0.1, 0.15) is 5.75 Å². The molecule has 0 fully saturated rings. The van der Waals surface area contributed by atoms with Crippen LogP contribution in [0.1, 0.15) is 0 Å². The summed E-state index contributed by atoms with van der Waals surface area (Å²) in [5.41, 5.74) is 1.24. The smallest absolute Gasteiger partial charge is 0.264 e. The predicted molar refractivity (Wildman–Crippen MR) is 79.7 cm³/mol. The van der Waals surface area contributed by atoms with Crippen LogP contribution in [-0.2, 0) is 10.0 Å². The average Bonchev–Trinajstić information content (AvgIpc) is 2.46. The Morgan fingerprint density at radius 1 is 1.10 bits per heavy atom. The second-order valence-corrected chi connectivity index (χ2v) is 6.24. The van der Waals surface area contributed by atoms with Crippen molar-refractivity contribution in [1.29, 1.82) is 0 Å². The van der Waals surface area contributed by atoms with Gasteiger partial charge in [-0.1, -0.05) is 6.07 Å². The molecule has 20 heavy (non-hydrogen) atoms. The van der Waals surface area contributed by atoms with Gasteiger partial charge in [0.2, 0.25) is 0 Å². The van der Waals surface area contributed by atoms with Crippen molar-refractivity contribution in [2.45, 2.75) is 4.90 Å². The zero-order chi connectivity index (χ0) is 14.8. The molecule has 2 aromatic rings. The second-order valence-electron chi connectivity index (χ2n) is 4.27. The SMILES string of the molecule is CNc1ccc(S(=O)(=O)N(C)c2cccc(O)c2)cc1. The van der Waals surface area contributed by atoms with Crippen molar-refractivity contribution < 1.29 is 13.5 Å². The number of rotatable bonds is 4. The van der Waals surface area contributed by atoms with Gasteiger partial charge in [-0.2, -0.15) is 0 Å². The van der Waals surface area contributed by atoms with Crippen molar-refractivity contribution in [2.24, 2.45) is 0 Å². The molecular weight excluding hydrogens is 276 g/mol. The molecule has 0 aromatic heterocycles. The van der Waals surface area contributed by atoms with Crippen LogP contribution in [0.4, 0.5) is 11.4 Å². The van der Waals surface area contributed by atoms with E-state index in [9.17, 15) is 13.5 Å². The van der Waals surface area contributed by atoms with Gasteiger partial charge in [-0.05, 0) is 36.4 Å². The molecule has 5 nitrogen and oxygen atoms in total. The monoisotopic (exact) mass is 292 g/mol. The van der Waals surface area contributed by atoms with E-state index in [1.807, 2.05) is 0 Å². The number of nitrogens with zero attached hydrogens (tertiary/aromatic N) is 1. The summed E-state index contributed by atoms with van der Waals surface area (Å²) in [4.78, 5) is 0.197. The molecule has 0 heterocycles. The molecule has 0 unspecified atom stereocenters. The van der Waals surface area contributed by atoms with Gasteiger partial charge in [-0.3, -0.25) is 4.31 Å². The van der Waals surface area contributed by atoms with Crippen LogP contribution in [0.25, 0.3) is 0 Å². The zero-order valence-corrected chi connectivity index (χ0v) is 12.1. The summed E-state index contributed by atoms with van der Waals surface area (Å²) < 4.78 is 26.1. The Labute approximate surface area is 118 Å². The number of sulfonamides is 1. The number of phenols is 1. The summed E-state index contributed by atoms with van der Waals surface area (Å²) in [5, 5.41) is 12.4. The van der Waals surface area contributed by atoms with Crippen LogP contribution in [0.15, 0.2) is 53.4 Å². The fraction of sp³-hybridized carbons (Fsp3) is 0.143. The van der Waals surface area contributed by atoms with Crippen LogP contribution in [0.2, 0.25) is 0 Å². The molecule has 2 N–H and O–H groups in total. The first-order valence-electron chi connectivity index (χ1n) is 6.01. The Balaban J connectivity index is 2.38. The van der Waals surface area contributed by atoms with E-state index in [0.29, 0.717) is 5.69 Å². The molecule has 0 saturated heterocycles. The Bertz CT molecular complexity index is 697. The number of aromatic hydroxyl groups is 1. The lowest BCUT2D eigenvalue weighted by Crippen LogP contribution is -2.26. The fourth-order valence-electron chi connectivity index (χ4n) is 1.78. The van der Waals surface area contributed by atoms with Crippen molar-refractivity contribution >= 4 is 21.4 Å². The van der Waals surface area contributed by atoms with Crippen molar-refractivity contribution in [3.8, 4) is 5.75 Å². The topological polar surface area (TPSA) is 69.6 Å². The van der Waals surface area contributed by atoms with Crippen LogP contribution in [0.3, 0.4) is 0 Å². The lowest BCUT2D eigenvalue weighted by Gasteiger charge is -2.19. The molecule has 2 aromatic carbocycles. The highest BCUT2D eigenvalue weighted by Gasteiger charge is 2.21. The first-order chi connectivity index (χ1) is 9.45. The zero-order valence-electron chi connectivity index (χ0n) is 11.2. The lowest BCUT2D eigenvalue weighted by atomic mass is 10.3. The van der Waals surface area contributed by atoms with Gasteiger partial charge in [0.15, 0.2) is 0 Å². The standard InChI is InChI=1S/C14H16N2O3S/c1-15-11-6-8-14(9-7-11)20(18,19)16(2)12-4-3-5-13(17)10-12/h3-10,15,17H,1-2H3. The van der Waals surface area contributed by atoms with Crippen molar-refractivity contribution in [1.82, 2.24) is 0 Å². The molecule has 0 saturated carbocycles. The maximum Gasteiger partial charge on any atom is 0.264 e. The number of anilines is 2. The van der Waals surface area contributed by atoms with Gasteiger partial charge < -0.3 is 10.4 Å². The van der Waals surface area contributed by atoms with Gasteiger partial charge >= 0.3 is 0 Å². The Kier molecular flexibility index (Phi) is 3.85. The van der Waals surface area contributed by atoms with E-state index < -0.39 is 10.0 Å². The largest absolute Gasteiger partial charge is 0.508 e. The van der Waals surface area contributed by atoms with E-state index >= 15 is 0 Å². The molecular formula is C14H16N2O3S. The van der Waals surface area contributed by atoms with E-state index in [1.54, 1.807) is 43.4 Å². The maximum atomic E-state index is 12.5. The Morgan fingerprint density at radius 3 is 2.30 bits per heavy atom. The third-order valence-corrected chi connectivity index (χ3v) is 4.79. The summed E-state index contributed by atoms with van der Waals surface area (Å²) in [6.07, 6.45) is 0. The van der Waals surface area contributed by atoms with Crippen LogP contribution >= 0.6 is 0 Å². The van der Waals surface area contributed by atoms with Gasteiger partial charge in [0, 0.05) is 25.8 Å². The van der Waals surface area contributed by atoms with Gasteiger partial charge in [0.05, 0.1) is 10.6 Å². The molecule has 6 heteroatoms. The highest BCUT2D eigenvalue weighted by Crippen LogP contribution is 2.25. The number of phenolic OH excluding ortho intramolecular Hbond substituents is 1. The van der Waals surface area contributed by atoms with Gasteiger partial charge in [0.25, 0.3) is 10.0 Å². The minimum Gasteiger partial charge on any atom is -0.508 e. The quantitative estimate of drug-likeness (QED) is 0.907. The number of hydrogen-bond donors (Lipinski definition) is 2. The minimum atomic E-state index is -3.64. The number of benzene rings is 2. The van der Waals surface area contributed by atoms with Crippen LogP contribution in [-0.4, -0.2) is 27.6 Å². The third-order valence-electron chi connectivity index (χ3n) is 2.99. The first kappa shape index (κ1) is 14.2. The highest BCUT2D eigenvalue weighted by atomic mass is 32.2. The normalized spacial score (nSPS) is 11.1. The maximum absolute atomic E-state index is 12.5. The molecule has 2 rings (SSSR count). The van der Waals surface area contributed by atoms with Crippen LogP contribution in [0, 0.1) is 0 Å². The predicted octanol–water partition coefficient (Wildman–Crippen LogP) is 2.26. The van der Waals surface area contributed by atoms with E-state index in [2.05, 4.69) is 5.32 Å². The molecule has 0 atom stereocenters. The summed E-state index contributed by atoms with van der Waals surface area (Å²) in [6.45, 7) is 0. The molecule has 0 radical (unpaired) electrons. The Hall–Kier alpha value is -2.21. The summed E-state index contributed by atoms with van der Waals surface area (Å²) in [7, 11) is -0.419. The fourth-order valence-corrected chi connectivity index (χ4v) is 2.97. The minimum absolute atomic E-state index is 0.0232. The van der Waals surface area contributed by atoms with E-state index in [0.717, 1.165) is 9.99 Å². The summed E-state index contributed by atoms with van der Waals surface area (Å²) in [6, 6.07) is 12.6. The van der Waals surface area contributed by atoms with Gasteiger partial charge in [-0.25, -0.2) is 8.42 Å². The van der Waals surface area contributed by atoms with Crippen LogP contribution in [0.5, 0.6) is 5.75 Å². The third kappa shape index (κ3) is 2.70. The van der Waals surface area contributed by atoms with Crippen molar-refractivity contribution in [2.75, 3.05) is 23.7 Å². The average molecular weight is 292 g/mol. The number of hydrogen-bond acceptors (Lipinski definition) is 4. The number of nitrogens with one attached hydrogen (secondary N) is 1. The highest BCUT2D eigenvalue weighted by molar-refractivity contribution is 7.92. The molecule has 0 aliphatic carbocycles. The van der Waals surface area contributed by atoms with Gasteiger partial charge in [-0.15, -0.1) is 0 Å². The van der Waals surface area contributed by atoms with E-state index in [1.165, 1.54) is 19.2 Å². The summed E-state index contributed by atoms with van der Waals surface area (Å²) in [5.74, 6) is 0.0232. The lowest BCUT2D eigenvalue weighted by molar-refractivity contribution is 0.475.